The molecule has 2 aromatic carbocycles. The van der Waals surface area contributed by atoms with Crippen molar-refractivity contribution in [2.75, 3.05) is 19.5 Å². The van der Waals surface area contributed by atoms with E-state index in [0.717, 1.165) is 16.0 Å². The zero-order chi connectivity index (χ0) is 25.8. The summed E-state index contributed by atoms with van der Waals surface area (Å²) in [6, 6.07) is 13.7. The van der Waals surface area contributed by atoms with Crippen molar-refractivity contribution in [2.24, 2.45) is 4.99 Å². The van der Waals surface area contributed by atoms with Crippen molar-refractivity contribution in [1.29, 1.82) is 0 Å². The van der Waals surface area contributed by atoms with Crippen LogP contribution in [-0.4, -0.2) is 36.0 Å². The normalized spacial score (nSPS) is 15.3. The predicted octanol–water partition coefficient (Wildman–Crippen LogP) is 1.65. The number of aromatic nitrogens is 1. The summed E-state index contributed by atoms with van der Waals surface area (Å²) in [5, 5.41) is 10.6. The lowest BCUT2D eigenvalue weighted by Gasteiger charge is -2.24. The fourth-order valence-electron chi connectivity index (χ4n) is 3.85. The van der Waals surface area contributed by atoms with E-state index >= 15 is 0 Å². The number of rotatable bonds is 8. The van der Waals surface area contributed by atoms with E-state index < -0.39 is 24.6 Å². The highest BCUT2D eigenvalue weighted by Gasteiger charge is 2.33. The van der Waals surface area contributed by atoms with E-state index in [9.17, 15) is 19.5 Å². The number of hydrogen-bond donors (Lipinski definition) is 0. The molecule has 2 heterocycles. The van der Waals surface area contributed by atoms with Gasteiger partial charge in [-0.05, 0) is 61.6 Å². The lowest BCUT2D eigenvalue weighted by atomic mass is 9.96. The summed E-state index contributed by atoms with van der Waals surface area (Å²) in [5.74, 6) is -1.43. The van der Waals surface area contributed by atoms with Crippen LogP contribution < -0.4 is 24.7 Å². The van der Waals surface area contributed by atoms with E-state index in [0.29, 0.717) is 26.4 Å². The van der Waals surface area contributed by atoms with Gasteiger partial charge in [-0.1, -0.05) is 35.6 Å². The topological polar surface area (TPSA) is 110 Å². The first-order valence-electron chi connectivity index (χ1n) is 11.1. The summed E-state index contributed by atoms with van der Waals surface area (Å²) < 4.78 is 12.4. The number of aliphatic carboxylic acids is 1. The monoisotopic (exact) mass is 523 g/mol. The summed E-state index contributed by atoms with van der Waals surface area (Å²) in [5.41, 5.74) is 2.08. The number of carbonyl (C=O) groups excluding carboxylic acids is 2. The number of ether oxygens (including phenoxy) is 2. The van der Waals surface area contributed by atoms with E-state index in [4.69, 9.17) is 9.47 Å². The molecule has 0 aliphatic carbocycles. The first-order valence-corrected chi connectivity index (χ1v) is 13.1. The zero-order valence-corrected chi connectivity index (χ0v) is 21.5. The smallest absolute Gasteiger partial charge is 0.338 e. The molecule has 186 valence electrons. The average Bonchev–Trinajstić information content (AvgIpc) is 3.17. The molecule has 0 amide bonds. The largest absolute Gasteiger partial charge is 0.546 e. The zero-order valence-electron chi connectivity index (χ0n) is 19.8. The third-order valence-electron chi connectivity index (χ3n) is 5.48. The summed E-state index contributed by atoms with van der Waals surface area (Å²) in [7, 11) is 0. The molecule has 1 atom stereocenters. The van der Waals surface area contributed by atoms with Gasteiger partial charge in [0.05, 0.1) is 34.4 Å². The number of hydrogen-bond acceptors (Lipinski definition) is 9. The molecule has 1 aromatic heterocycles. The van der Waals surface area contributed by atoms with Gasteiger partial charge >= 0.3 is 5.97 Å². The Kier molecular flexibility index (Phi) is 7.76. The maximum absolute atomic E-state index is 13.6. The van der Waals surface area contributed by atoms with Crippen molar-refractivity contribution >= 4 is 41.1 Å². The summed E-state index contributed by atoms with van der Waals surface area (Å²) in [6.07, 6.45) is 3.71. The number of thioether (sulfide) groups is 1. The Balaban J connectivity index is 1.81. The van der Waals surface area contributed by atoms with E-state index in [-0.39, 0.29) is 12.2 Å². The highest BCUT2D eigenvalue weighted by atomic mass is 32.2. The van der Waals surface area contributed by atoms with Crippen LogP contribution in [0.2, 0.25) is 0 Å². The third-order valence-corrected chi connectivity index (χ3v) is 7.21. The maximum atomic E-state index is 13.6. The van der Waals surface area contributed by atoms with E-state index in [1.54, 1.807) is 60.5 Å². The van der Waals surface area contributed by atoms with Crippen molar-refractivity contribution in [1.82, 2.24) is 4.57 Å². The molecular weight excluding hydrogens is 500 g/mol. The number of allylic oxidation sites excluding steroid dienone is 1. The van der Waals surface area contributed by atoms with Gasteiger partial charge in [-0.15, -0.1) is 11.8 Å². The Labute approximate surface area is 215 Å². The number of carboxylic acids is 1. The SMILES string of the molecule is CCOC(=O)C1=C(C)N=c2s/c(=C\c3ccc(OCC(=O)[O-])cc3)c(=O)n2[C@H]1c1ccc(SC)cc1. The number of carbonyl (C=O) groups is 2. The number of fused-ring (bicyclic) bond motifs is 1. The van der Waals surface area contributed by atoms with Crippen molar-refractivity contribution in [3.8, 4) is 5.75 Å². The third kappa shape index (κ3) is 5.29. The Morgan fingerprint density at radius 1 is 1.17 bits per heavy atom. The molecule has 36 heavy (non-hydrogen) atoms. The Bertz CT molecular complexity index is 1500. The minimum atomic E-state index is -1.31. The molecule has 8 nitrogen and oxygen atoms in total. The first-order chi connectivity index (χ1) is 17.3. The van der Waals surface area contributed by atoms with Crippen molar-refractivity contribution in [3.63, 3.8) is 0 Å². The van der Waals surface area contributed by atoms with Crippen LogP contribution in [0.15, 0.2) is 74.5 Å². The number of thiazole rings is 1. The van der Waals surface area contributed by atoms with E-state index in [1.807, 2.05) is 30.5 Å². The maximum Gasteiger partial charge on any atom is 0.338 e. The minimum Gasteiger partial charge on any atom is -0.546 e. The highest BCUT2D eigenvalue weighted by Crippen LogP contribution is 2.31. The molecule has 0 unspecified atom stereocenters. The molecule has 0 fully saturated rings. The van der Waals surface area contributed by atoms with Crippen LogP contribution in [0.1, 0.15) is 31.0 Å². The van der Waals surface area contributed by atoms with Crippen LogP contribution in [0, 0.1) is 0 Å². The number of nitrogens with zero attached hydrogens (tertiary/aromatic N) is 2. The van der Waals surface area contributed by atoms with E-state index in [2.05, 4.69) is 4.99 Å². The van der Waals surface area contributed by atoms with Gasteiger partial charge < -0.3 is 19.4 Å². The molecule has 4 rings (SSSR count). The molecule has 1 aliphatic rings. The minimum absolute atomic E-state index is 0.209. The average molecular weight is 524 g/mol. The molecular formula is C26H23N2O6S2-. The van der Waals surface area contributed by atoms with Gasteiger partial charge in [-0.3, -0.25) is 9.36 Å². The summed E-state index contributed by atoms with van der Waals surface area (Å²) in [4.78, 5) is 43.3. The molecule has 10 heteroatoms. The van der Waals surface area contributed by atoms with Crippen LogP contribution in [-0.2, 0) is 14.3 Å². The van der Waals surface area contributed by atoms with E-state index in [1.165, 1.54) is 11.3 Å². The molecule has 0 radical (unpaired) electrons. The Hall–Kier alpha value is -3.63. The lowest BCUT2D eigenvalue weighted by molar-refractivity contribution is -0.307. The second kappa shape index (κ2) is 11.0. The van der Waals surface area contributed by atoms with Crippen molar-refractivity contribution < 1.29 is 24.2 Å². The second-order valence-corrected chi connectivity index (χ2v) is 9.69. The molecule has 0 spiro atoms. The van der Waals surface area contributed by atoms with Crippen LogP contribution in [0.3, 0.4) is 0 Å². The molecule has 0 saturated heterocycles. The van der Waals surface area contributed by atoms with Gasteiger partial charge in [0, 0.05) is 4.90 Å². The second-order valence-electron chi connectivity index (χ2n) is 7.81. The van der Waals surface area contributed by atoms with Gasteiger partial charge in [-0.2, -0.15) is 0 Å². The number of esters is 1. The molecule has 0 saturated carbocycles. The molecule has 3 aromatic rings. The van der Waals surface area contributed by atoms with Gasteiger partial charge in [0.25, 0.3) is 5.56 Å². The van der Waals surface area contributed by atoms with Crippen LogP contribution >= 0.6 is 23.1 Å². The van der Waals surface area contributed by atoms with Crippen LogP contribution in [0.4, 0.5) is 0 Å². The number of benzene rings is 2. The predicted molar refractivity (Wildman–Crippen MR) is 136 cm³/mol. The van der Waals surface area contributed by atoms with Crippen LogP contribution in [0.5, 0.6) is 5.75 Å². The Morgan fingerprint density at radius 2 is 1.86 bits per heavy atom. The quantitative estimate of drug-likeness (QED) is 0.326. The van der Waals surface area contributed by atoms with Gasteiger partial charge in [0.15, 0.2) is 4.80 Å². The first kappa shape index (κ1) is 25.5. The fraction of sp³-hybridized carbons (Fsp3) is 0.231. The molecule has 1 aliphatic heterocycles. The number of carboxylic acid groups (broad SMARTS) is 1. The van der Waals surface area contributed by atoms with Gasteiger partial charge in [0.2, 0.25) is 0 Å². The van der Waals surface area contributed by atoms with Crippen LogP contribution in [0.25, 0.3) is 6.08 Å². The summed E-state index contributed by atoms with van der Waals surface area (Å²) >= 11 is 2.84. The molecule has 0 bridgehead atoms. The lowest BCUT2D eigenvalue weighted by Crippen LogP contribution is -2.39. The molecule has 0 N–H and O–H groups in total. The Morgan fingerprint density at radius 3 is 2.47 bits per heavy atom. The summed E-state index contributed by atoms with van der Waals surface area (Å²) in [6.45, 7) is 3.15. The standard InChI is InChI=1S/C26H24N2O6S2/c1-4-33-25(32)22-15(2)27-26-28(23(22)17-7-11-19(35-3)12-8-17)24(31)20(36-26)13-16-5-9-18(10-6-16)34-14-21(29)30/h5-13,23H,4,14H2,1-3H3,(H,29,30)/p-1/b20-13-/t23-/m0/s1. The van der Waals surface area contributed by atoms with Crippen molar-refractivity contribution in [3.05, 3.63) is 90.6 Å². The van der Waals surface area contributed by atoms with Crippen molar-refractivity contribution in [2.45, 2.75) is 24.8 Å². The van der Waals surface area contributed by atoms with Gasteiger partial charge in [0.1, 0.15) is 12.4 Å². The fourth-order valence-corrected chi connectivity index (χ4v) is 5.30. The highest BCUT2D eigenvalue weighted by molar-refractivity contribution is 7.98. The van der Waals surface area contributed by atoms with Gasteiger partial charge in [-0.25, -0.2) is 9.79 Å².